The predicted molar refractivity (Wildman–Crippen MR) is 125 cm³/mol. The molecule has 0 fully saturated rings. The number of carboxylic acids is 1. The van der Waals surface area contributed by atoms with Crippen molar-refractivity contribution in [1.29, 1.82) is 0 Å². The van der Waals surface area contributed by atoms with Crippen molar-refractivity contribution < 1.29 is 14.6 Å². The summed E-state index contributed by atoms with van der Waals surface area (Å²) in [5.41, 5.74) is 9.60. The van der Waals surface area contributed by atoms with Gasteiger partial charge in [0.25, 0.3) is 0 Å². The van der Waals surface area contributed by atoms with Gasteiger partial charge >= 0.3 is 5.97 Å². The summed E-state index contributed by atoms with van der Waals surface area (Å²) in [6.45, 7) is 18.7. The van der Waals surface area contributed by atoms with Gasteiger partial charge in [0.2, 0.25) is 0 Å². The van der Waals surface area contributed by atoms with Gasteiger partial charge in [-0.1, -0.05) is 55.5 Å². The van der Waals surface area contributed by atoms with Crippen LogP contribution in [0, 0.1) is 0 Å². The smallest absolute Gasteiger partial charge is 0.307 e. The van der Waals surface area contributed by atoms with Crippen LogP contribution in [0.4, 0.5) is 0 Å². The molecule has 3 N–H and O–H groups in total. The van der Waals surface area contributed by atoms with Gasteiger partial charge in [0.1, 0.15) is 12.4 Å². The Bertz CT molecular complexity index is 723. The van der Waals surface area contributed by atoms with Crippen LogP contribution >= 0.6 is 0 Å². The van der Waals surface area contributed by atoms with Gasteiger partial charge in [-0.3, -0.25) is 4.79 Å². The van der Waals surface area contributed by atoms with E-state index in [0.717, 1.165) is 23.1 Å². The van der Waals surface area contributed by atoms with Crippen molar-refractivity contribution in [2.45, 2.75) is 40.5 Å². The zero-order valence-electron chi connectivity index (χ0n) is 18.6. The van der Waals surface area contributed by atoms with E-state index in [0.29, 0.717) is 17.9 Å². The molecule has 1 aromatic rings. The lowest BCUT2D eigenvalue weighted by molar-refractivity contribution is -0.136. The van der Waals surface area contributed by atoms with Crippen LogP contribution in [-0.4, -0.2) is 24.7 Å². The molecule has 160 valence electrons. The van der Waals surface area contributed by atoms with Gasteiger partial charge in [0, 0.05) is 5.56 Å². The highest BCUT2D eigenvalue weighted by Crippen LogP contribution is 2.21. The van der Waals surface area contributed by atoms with E-state index < -0.39 is 5.97 Å². The Morgan fingerprint density at radius 1 is 1.17 bits per heavy atom. The molecule has 4 heteroatoms. The first kappa shape index (κ1) is 28.4. The topological polar surface area (TPSA) is 72.5 Å². The summed E-state index contributed by atoms with van der Waals surface area (Å²) >= 11 is 0. The molecule has 0 aliphatic heterocycles. The van der Waals surface area contributed by atoms with Crippen LogP contribution in [0.25, 0.3) is 0 Å². The van der Waals surface area contributed by atoms with E-state index in [1.54, 1.807) is 12.1 Å². The van der Waals surface area contributed by atoms with Crippen molar-refractivity contribution >= 4 is 5.97 Å². The summed E-state index contributed by atoms with van der Waals surface area (Å²) in [6.07, 6.45) is 7.02. The van der Waals surface area contributed by atoms with Crippen molar-refractivity contribution in [1.82, 2.24) is 0 Å². The number of nitrogens with two attached hydrogens (primary N) is 1. The van der Waals surface area contributed by atoms with Gasteiger partial charge in [0.05, 0.1) is 6.42 Å². The number of para-hydroxylation sites is 1. The zero-order valence-corrected chi connectivity index (χ0v) is 18.6. The number of carboxylic acid groups (broad SMARTS) is 1. The third-order valence-electron chi connectivity index (χ3n) is 3.70. The first-order valence-corrected chi connectivity index (χ1v) is 9.57. The summed E-state index contributed by atoms with van der Waals surface area (Å²) in [5, 5.41) is 9.01. The lowest BCUT2D eigenvalue weighted by atomic mass is 10.0. The number of benzene rings is 1. The molecule has 29 heavy (non-hydrogen) atoms. The van der Waals surface area contributed by atoms with Crippen LogP contribution in [0.2, 0.25) is 0 Å². The van der Waals surface area contributed by atoms with Crippen molar-refractivity contribution in [3.63, 3.8) is 0 Å². The van der Waals surface area contributed by atoms with Crippen molar-refractivity contribution in [2.75, 3.05) is 13.7 Å². The SMILES string of the molecule is C=C.C=C(C=C(C)C)/C(=C/C(=C\C)COc1ccccc1CC(=O)O)CC.CN. The highest BCUT2D eigenvalue weighted by Gasteiger charge is 2.08. The quantitative estimate of drug-likeness (QED) is 0.402. The number of ether oxygens (including phenoxy) is 1. The molecule has 0 spiro atoms. The molecule has 4 nitrogen and oxygen atoms in total. The number of allylic oxidation sites excluding steroid dienone is 5. The molecule has 0 saturated heterocycles. The largest absolute Gasteiger partial charge is 0.489 e. The molecule has 0 amide bonds. The number of aliphatic carboxylic acids is 1. The minimum Gasteiger partial charge on any atom is -0.489 e. The summed E-state index contributed by atoms with van der Waals surface area (Å²) in [4.78, 5) is 11.0. The Balaban J connectivity index is 0. The highest BCUT2D eigenvalue weighted by atomic mass is 16.5. The summed E-state index contributed by atoms with van der Waals surface area (Å²) < 4.78 is 5.88. The predicted octanol–water partition coefficient (Wildman–Crippen LogP) is 5.87. The van der Waals surface area contributed by atoms with Crippen LogP contribution in [-0.2, 0) is 11.2 Å². The second kappa shape index (κ2) is 17.3. The molecule has 0 bridgehead atoms. The zero-order chi connectivity index (χ0) is 22.8. The van der Waals surface area contributed by atoms with E-state index >= 15 is 0 Å². The summed E-state index contributed by atoms with van der Waals surface area (Å²) in [6, 6.07) is 7.25. The van der Waals surface area contributed by atoms with Crippen LogP contribution < -0.4 is 10.5 Å². The van der Waals surface area contributed by atoms with E-state index in [-0.39, 0.29) is 6.42 Å². The van der Waals surface area contributed by atoms with Gasteiger partial charge in [0.15, 0.2) is 0 Å². The summed E-state index contributed by atoms with van der Waals surface area (Å²) in [7, 11) is 1.50. The molecular weight excluding hydrogens is 362 g/mol. The van der Waals surface area contributed by atoms with Gasteiger partial charge in [-0.05, 0) is 57.0 Å². The number of carbonyl (C=O) groups is 1. The fourth-order valence-electron chi connectivity index (χ4n) is 2.41. The second-order valence-corrected chi connectivity index (χ2v) is 6.10. The molecular formula is C25H37NO3. The maximum absolute atomic E-state index is 11.0. The van der Waals surface area contributed by atoms with Gasteiger partial charge in [-0.2, -0.15) is 0 Å². The molecule has 0 heterocycles. The van der Waals surface area contributed by atoms with E-state index in [4.69, 9.17) is 9.84 Å². The van der Waals surface area contributed by atoms with Crippen molar-refractivity contribution in [3.8, 4) is 5.75 Å². The Morgan fingerprint density at radius 3 is 2.24 bits per heavy atom. The standard InChI is InChI=1S/C22H28O3.C2H4.CH5N/c1-6-18(13-19(7-2)17(5)12-16(3)4)15-25-21-11-9-8-10-20(21)14-22(23)24;2*1-2/h6,8-13H,5,7,14-15H2,1-4H3,(H,23,24);1-2H2;2H2,1H3/b18-6+,19-13+;;. The summed E-state index contributed by atoms with van der Waals surface area (Å²) in [5.74, 6) is -0.257. The van der Waals surface area contributed by atoms with Crippen LogP contribution in [0.1, 0.15) is 39.7 Å². The maximum atomic E-state index is 11.0. The molecule has 1 aromatic carbocycles. The fraction of sp³-hybridized carbons (Fsp3) is 0.320. The molecule has 0 atom stereocenters. The second-order valence-electron chi connectivity index (χ2n) is 6.10. The number of hydrogen-bond donors (Lipinski definition) is 2. The Hall–Kier alpha value is -2.85. The number of hydrogen-bond acceptors (Lipinski definition) is 3. The third-order valence-corrected chi connectivity index (χ3v) is 3.70. The average molecular weight is 400 g/mol. The molecule has 0 aliphatic rings. The number of rotatable bonds is 9. The van der Waals surface area contributed by atoms with Crippen LogP contribution in [0.15, 0.2) is 84.5 Å². The Morgan fingerprint density at radius 2 is 1.76 bits per heavy atom. The third kappa shape index (κ3) is 12.3. The van der Waals surface area contributed by atoms with Crippen molar-refractivity contribution in [3.05, 3.63) is 90.1 Å². The lowest BCUT2D eigenvalue weighted by Gasteiger charge is -2.12. The van der Waals surface area contributed by atoms with Gasteiger partial charge < -0.3 is 15.6 Å². The van der Waals surface area contributed by atoms with Gasteiger partial charge in [-0.25, -0.2) is 0 Å². The fourth-order valence-corrected chi connectivity index (χ4v) is 2.41. The van der Waals surface area contributed by atoms with Gasteiger partial charge in [-0.15, -0.1) is 13.2 Å². The molecule has 0 saturated carbocycles. The molecule has 0 unspecified atom stereocenters. The normalized spacial score (nSPS) is 10.6. The Labute approximate surface area is 176 Å². The molecule has 1 rings (SSSR count). The molecule has 0 aromatic heterocycles. The average Bonchev–Trinajstić information content (AvgIpc) is 2.71. The van der Waals surface area contributed by atoms with Crippen LogP contribution in [0.3, 0.4) is 0 Å². The first-order valence-electron chi connectivity index (χ1n) is 9.57. The first-order chi connectivity index (χ1) is 13.9. The highest BCUT2D eigenvalue weighted by molar-refractivity contribution is 5.71. The minimum absolute atomic E-state index is 0.0469. The van der Waals surface area contributed by atoms with Crippen molar-refractivity contribution in [2.24, 2.45) is 5.73 Å². The van der Waals surface area contributed by atoms with E-state index in [9.17, 15) is 4.79 Å². The van der Waals surface area contributed by atoms with Crippen LogP contribution in [0.5, 0.6) is 5.75 Å². The Kier molecular flexibility index (Phi) is 16.9. The maximum Gasteiger partial charge on any atom is 0.307 e. The molecule has 0 radical (unpaired) electrons. The van der Waals surface area contributed by atoms with E-state index in [1.165, 1.54) is 12.6 Å². The van der Waals surface area contributed by atoms with E-state index in [1.807, 2.05) is 25.1 Å². The minimum atomic E-state index is -0.867. The lowest BCUT2D eigenvalue weighted by Crippen LogP contribution is -2.06. The monoisotopic (exact) mass is 399 g/mol. The molecule has 0 aliphatic carbocycles. The van der Waals surface area contributed by atoms with E-state index in [2.05, 4.69) is 58.4 Å².